The fraction of sp³-hybridized carbons (Fsp3) is 0.583. The first-order chi connectivity index (χ1) is 9.30. The molecule has 1 unspecified atom stereocenters. The maximum Gasteiger partial charge on any atom is 0.433 e. The van der Waals surface area contributed by atoms with Gasteiger partial charge in [-0.2, -0.15) is 13.2 Å². The highest BCUT2D eigenvalue weighted by molar-refractivity contribution is 5.84. The molecule has 2 rings (SSSR count). The summed E-state index contributed by atoms with van der Waals surface area (Å²) in [7, 11) is 3.23. The smallest absolute Gasteiger partial charge is 0.347 e. The molecule has 1 aromatic heterocycles. The molecular weight excluding hydrogens is 273 g/mol. The van der Waals surface area contributed by atoms with Crippen LogP contribution in [0.2, 0.25) is 0 Å². The maximum atomic E-state index is 12.7. The fourth-order valence-electron chi connectivity index (χ4n) is 2.21. The van der Waals surface area contributed by atoms with Crippen LogP contribution in [0, 0.1) is 0 Å². The third-order valence-electron chi connectivity index (χ3n) is 3.17. The Labute approximate surface area is 114 Å². The Balaban J connectivity index is 2.29. The van der Waals surface area contributed by atoms with E-state index in [0.29, 0.717) is 13.0 Å². The SMILES string of the molecule is CN(C)C(=O)C1CCCN1c1nccc(C(F)(F)F)n1. The van der Waals surface area contributed by atoms with Crippen LogP contribution >= 0.6 is 0 Å². The van der Waals surface area contributed by atoms with Crippen molar-refractivity contribution in [3.63, 3.8) is 0 Å². The van der Waals surface area contributed by atoms with Gasteiger partial charge >= 0.3 is 6.18 Å². The predicted octanol–water partition coefficient (Wildman–Crippen LogP) is 1.55. The van der Waals surface area contributed by atoms with Crippen molar-refractivity contribution in [2.45, 2.75) is 25.1 Å². The van der Waals surface area contributed by atoms with Gasteiger partial charge in [-0.1, -0.05) is 0 Å². The molecule has 0 aliphatic carbocycles. The third kappa shape index (κ3) is 2.83. The largest absolute Gasteiger partial charge is 0.433 e. The number of halogens is 3. The number of carbonyl (C=O) groups excluding carboxylic acids is 1. The Hall–Kier alpha value is -1.86. The van der Waals surface area contributed by atoms with Crippen LogP contribution < -0.4 is 4.90 Å². The van der Waals surface area contributed by atoms with E-state index in [9.17, 15) is 18.0 Å². The summed E-state index contributed by atoms with van der Waals surface area (Å²) in [6.45, 7) is 0.478. The number of anilines is 1. The number of carbonyl (C=O) groups is 1. The van der Waals surface area contributed by atoms with E-state index in [-0.39, 0.29) is 11.9 Å². The molecule has 0 saturated carbocycles. The minimum absolute atomic E-state index is 0.0440. The van der Waals surface area contributed by atoms with E-state index < -0.39 is 17.9 Å². The molecule has 20 heavy (non-hydrogen) atoms. The van der Waals surface area contributed by atoms with Gasteiger partial charge in [0, 0.05) is 26.8 Å². The van der Waals surface area contributed by atoms with Gasteiger partial charge in [-0.15, -0.1) is 0 Å². The quantitative estimate of drug-likeness (QED) is 0.828. The minimum atomic E-state index is -4.52. The standard InChI is InChI=1S/C12H15F3N4O/c1-18(2)10(20)8-4-3-7-19(8)11-16-6-5-9(17-11)12(13,14)15/h5-6,8H,3-4,7H2,1-2H3. The summed E-state index contributed by atoms with van der Waals surface area (Å²) in [5.74, 6) is -0.193. The number of amides is 1. The summed E-state index contributed by atoms with van der Waals surface area (Å²) in [6.07, 6.45) is -2.13. The van der Waals surface area contributed by atoms with Gasteiger partial charge in [0.2, 0.25) is 11.9 Å². The Kier molecular flexibility index (Phi) is 3.82. The third-order valence-corrected chi connectivity index (χ3v) is 3.17. The lowest BCUT2D eigenvalue weighted by Crippen LogP contribution is -2.43. The van der Waals surface area contributed by atoms with E-state index >= 15 is 0 Å². The molecule has 0 radical (unpaired) electrons. The van der Waals surface area contributed by atoms with Crippen LogP contribution in [0.1, 0.15) is 18.5 Å². The normalized spacial score (nSPS) is 19.2. The van der Waals surface area contributed by atoms with Crippen molar-refractivity contribution < 1.29 is 18.0 Å². The first-order valence-corrected chi connectivity index (χ1v) is 6.19. The van der Waals surface area contributed by atoms with E-state index in [1.807, 2.05) is 0 Å². The molecule has 1 fully saturated rings. The van der Waals surface area contributed by atoms with E-state index in [4.69, 9.17) is 0 Å². The van der Waals surface area contributed by atoms with E-state index in [2.05, 4.69) is 9.97 Å². The molecular formula is C12H15F3N4O. The Morgan fingerprint density at radius 3 is 2.75 bits per heavy atom. The van der Waals surface area contributed by atoms with Crippen molar-refractivity contribution in [1.82, 2.24) is 14.9 Å². The summed E-state index contributed by atoms with van der Waals surface area (Å²) in [6, 6.07) is 0.330. The number of likely N-dealkylation sites (N-methyl/N-ethyl adjacent to an activating group) is 1. The lowest BCUT2D eigenvalue weighted by molar-refractivity contribution is -0.141. The molecule has 1 atom stereocenters. The minimum Gasteiger partial charge on any atom is -0.347 e. The molecule has 1 saturated heterocycles. The second kappa shape index (κ2) is 5.26. The second-order valence-corrected chi connectivity index (χ2v) is 4.82. The van der Waals surface area contributed by atoms with Gasteiger partial charge in [-0.25, -0.2) is 9.97 Å². The van der Waals surface area contributed by atoms with E-state index in [1.54, 1.807) is 14.1 Å². The van der Waals surface area contributed by atoms with Gasteiger partial charge < -0.3 is 9.80 Å². The molecule has 0 N–H and O–H groups in total. The molecule has 1 aromatic rings. The van der Waals surface area contributed by atoms with Gasteiger partial charge in [-0.3, -0.25) is 4.79 Å². The second-order valence-electron chi connectivity index (χ2n) is 4.82. The molecule has 1 aliphatic heterocycles. The van der Waals surface area contributed by atoms with Crippen molar-refractivity contribution in [3.8, 4) is 0 Å². The van der Waals surface area contributed by atoms with Crippen LogP contribution in [-0.4, -0.2) is 47.5 Å². The molecule has 0 aromatic carbocycles. The summed E-state index contributed by atoms with van der Waals surface area (Å²) >= 11 is 0. The zero-order valence-electron chi connectivity index (χ0n) is 11.2. The maximum absolute atomic E-state index is 12.7. The van der Waals surface area contributed by atoms with Crippen LogP contribution in [0.3, 0.4) is 0 Å². The van der Waals surface area contributed by atoms with Crippen LogP contribution in [-0.2, 0) is 11.0 Å². The molecule has 0 spiro atoms. The van der Waals surface area contributed by atoms with Gasteiger partial charge in [0.05, 0.1) is 0 Å². The van der Waals surface area contributed by atoms with Crippen molar-refractivity contribution in [1.29, 1.82) is 0 Å². The van der Waals surface area contributed by atoms with E-state index in [1.165, 1.54) is 9.80 Å². The van der Waals surface area contributed by atoms with Gasteiger partial charge in [0.15, 0.2) is 0 Å². The van der Waals surface area contributed by atoms with Crippen LogP contribution in [0.25, 0.3) is 0 Å². The molecule has 1 aliphatic rings. The molecule has 1 amide bonds. The van der Waals surface area contributed by atoms with Gasteiger partial charge in [0.25, 0.3) is 0 Å². The lowest BCUT2D eigenvalue weighted by Gasteiger charge is -2.26. The summed E-state index contributed by atoms with van der Waals surface area (Å²) in [5.41, 5.74) is -0.995. The van der Waals surface area contributed by atoms with Crippen molar-refractivity contribution in [2.24, 2.45) is 0 Å². The topological polar surface area (TPSA) is 49.3 Å². The number of hydrogen-bond donors (Lipinski definition) is 0. The molecule has 110 valence electrons. The van der Waals surface area contributed by atoms with Crippen molar-refractivity contribution >= 4 is 11.9 Å². The summed E-state index contributed by atoms with van der Waals surface area (Å²) in [4.78, 5) is 22.4. The summed E-state index contributed by atoms with van der Waals surface area (Å²) < 4.78 is 38.0. The molecule has 2 heterocycles. The van der Waals surface area contributed by atoms with Crippen LogP contribution in [0.5, 0.6) is 0 Å². The zero-order chi connectivity index (χ0) is 14.9. The highest BCUT2D eigenvalue weighted by Gasteiger charge is 2.36. The molecule has 5 nitrogen and oxygen atoms in total. The van der Waals surface area contributed by atoms with Crippen molar-refractivity contribution in [3.05, 3.63) is 18.0 Å². The van der Waals surface area contributed by atoms with Crippen LogP contribution in [0.15, 0.2) is 12.3 Å². The monoisotopic (exact) mass is 288 g/mol. The number of rotatable bonds is 2. The molecule has 8 heteroatoms. The highest BCUT2D eigenvalue weighted by Crippen LogP contribution is 2.30. The first-order valence-electron chi connectivity index (χ1n) is 6.19. The Morgan fingerprint density at radius 2 is 2.15 bits per heavy atom. The van der Waals surface area contributed by atoms with E-state index in [0.717, 1.165) is 18.7 Å². The number of hydrogen-bond acceptors (Lipinski definition) is 4. The summed E-state index contributed by atoms with van der Waals surface area (Å²) in [5, 5.41) is 0. The van der Waals surface area contributed by atoms with Gasteiger partial charge in [0.1, 0.15) is 11.7 Å². The van der Waals surface area contributed by atoms with Crippen molar-refractivity contribution in [2.75, 3.05) is 25.5 Å². The lowest BCUT2D eigenvalue weighted by atomic mass is 10.2. The Bertz CT molecular complexity index is 504. The van der Waals surface area contributed by atoms with Gasteiger partial charge in [-0.05, 0) is 18.9 Å². The zero-order valence-corrected chi connectivity index (χ0v) is 11.2. The highest BCUT2D eigenvalue weighted by atomic mass is 19.4. The number of aromatic nitrogens is 2. The average Bonchev–Trinajstić information content (AvgIpc) is 2.86. The molecule has 0 bridgehead atoms. The first kappa shape index (κ1) is 14.5. The average molecular weight is 288 g/mol. The Morgan fingerprint density at radius 1 is 1.45 bits per heavy atom. The number of nitrogens with zero attached hydrogens (tertiary/aromatic N) is 4. The van der Waals surface area contributed by atoms with Crippen LogP contribution in [0.4, 0.5) is 19.1 Å². The fourth-order valence-corrected chi connectivity index (χ4v) is 2.21. The number of alkyl halides is 3. The predicted molar refractivity (Wildman–Crippen MR) is 66.1 cm³/mol.